The van der Waals surface area contributed by atoms with Gasteiger partial charge in [0.25, 0.3) is 0 Å². The average molecular weight is 368 g/mol. The second kappa shape index (κ2) is 7.16. The van der Waals surface area contributed by atoms with Crippen molar-refractivity contribution in [1.29, 1.82) is 5.26 Å². The summed E-state index contributed by atoms with van der Waals surface area (Å²) in [6, 6.07) is 12.3. The van der Waals surface area contributed by atoms with Crippen LogP contribution in [0.2, 0.25) is 0 Å². The summed E-state index contributed by atoms with van der Waals surface area (Å²) in [5.74, 6) is -0.385. The Balaban J connectivity index is 1.98. The van der Waals surface area contributed by atoms with E-state index in [0.29, 0.717) is 23.8 Å². The highest BCUT2D eigenvalue weighted by atomic mass is 19.1. The van der Waals surface area contributed by atoms with Gasteiger partial charge in [0, 0.05) is 18.2 Å². The number of rotatable bonds is 5. The van der Waals surface area contributed by atoms with Crippen molar-refractivity contribution in [3.63, 3.8) is 0 Å². The zero-order valence-electron chi connectivity index (χ0n) is 15.2. The Morgan fingerprint density at radius 1 is 1.11 bits per heavy atom. The highest BCUT2D eigenvalue weighted by Gasteiger charge is 2.31. The Bertz CT molecular complexity index is 1000. The molecule has 0 spiro atoms. The van der Waals surface area contributed by atoms with Crippen LogP contribution in [-0.4, -0.2) is 14.8 Å². The molecule has 0 N–H and O–H groups in total. The molecule has 0 fully saturated rings. The van der Waals surface area contributed by atoms with Gasteiger partial charge in [0.1, 0.15) is 5.82 Å². The number of benzene rings is 2. The summed E-state index contributed by atoms with van der Waals surface area (Å²) >= 11 is 0. The first-order valence-electron chi connectivity index (χ1n) is 8.44. The molecule has 5 nitrogen and oxygen atoms in total. The van der Waals surface area contributed by atoms with Gasteiger partial charge in [-0.3, -0.25) is 0 Å². The average Bonchev–Trinajstić information content (AvgIpc) is 3.09. The summed E-state index contributed by atoms with van der Waals surface area (Å²) in [5.41, 5.74) is 0.349. The molecule has 138 valence electrons. The fraction of sp³-hybridized carbons (Fsp3) is 0.250. The lowest BCUT2D eigenvalue weighted by molar-refractivity contribution is 0.0883. The number of hydrogen-bond donors (Lipinski definition) is 0. The molecule has 7 heteroatoms. The van der Waals surface area contributed by atoms with E-state index in [9.17, 15) is 8.78 Å². The number of halogens is 2. The molecule has 0 aliphatic heterocycles. The number of aromatic nitrogens is 3. The molecule has 0 aliphatic rings. The molecule has 27 heavy (non-hydrogen) atoms. The predicted octanol–water partition coefficient (Wildman–Crippen LogP) is 4.43. The molecule has 0 atom stereocenters. The van der Waals surface area contributed by atoms with Gasteiger partial charge < -0.3 is 9.30 Å². The maximum atomic E-state index is 14.0. The summed E-state index contributed by atoms with van der Waals surface area (Å²) in [7, 11) is 0. The number of nitriles is 1. The molecule has 0 aliphatic carbocycles. The fourth-order valence-corrected chi connectivity index (χ4v) is 2.83. The molecule has 1 aromatic heterocycles. The maximum absolute atomic E-state index is 14.0. The van der Waals surface area contributed by atoms with E-state index >= 15 is 0 Å². The molecular weight excluding hydrogens is 350 g/mol. The van der Waals surface area contributed by atoms with Crippen LogP contribution in [-0.2, 0) is 12.1 Å². The molecular formula is C20H18F2N4O. The number of nitrogens with zero attached hydrogens (tertiary/aromatic N) is 4. The van der Waals surface area contributed by atoms with Crippen molar-refractivity contribution in [2.75, 3.05) is 0 Å². The van der Waals surface area contributed by atoms with E-state index in [0.717, 1.165) is 17.7 Å². The third kappa shape index (κ3) is 3.65. The standard InChI is InChI=1S/C20H18F2N4O/c1-4-26-18(14-7-5-13(12-23)6-8-14)24-25-19(26)20(2,3)27-17-10-9-15(21)11-16(17)22/h5-11H,4H2,1-3H3. The van der Waals surface area contributed by atoms with Crippen LogP contribution in [0.25, 0.3) is 11.4 Å². The van der Waals surface area contributed by atoms with E-state index in [1.54, 1.807) is 38.1 Å². The predicted molar refractivity (Wildman–Crippen MR) is 95.9 cm³/mol. The minimum atomic E-state index is -1.01. The van der Waals surface area contributed by atoms with Crippen molar-refractivity contribution in [2.45, 2.75) is 32.9 Å². The zero-order chi connectivity index (χ0) is 19.6. The van der Waals surface area contributed by atoms with Gasteiger partial charge in [-0.1, -0.05) is 0 Å². The van der Waals surface area contributed by atoms with Crippen molar-refractivity contribution >= 4 is 0 Å². The lowest BCUT2D eigenvalue weighted by Crippen LogP contribution is -2.30. The normalized spacial score (nSPS) is 11.3. The highest BCUT2D eigenvalue weighted by molar-refractivity contribution is 5.57. The van der Waals surface area contributed by atoms with Crippen LogP contribution in [0.15, 0.2) is 42.5 Å². The van der Waals surface area contributed by atoms with E-state index in [2.05, 4.69) is 16.3 Å². The van der Waals surface area contributed by atoms with Crippen molar-refractivity contribution in [1.82, 2.24) is 14.8 Å². The van der Waals surface area contributed by atoms with Gasteiger partial charge in [-0.25, -0.2) is 8.78 Å². The smallest absolute Gasteiger partial charge is 0.177 e. The Morgan fingerprint density at radius 3 is 2.41 bits per heavy atom. The van der Waals surface area contributed by atoms with Crippen molar-refractivity contribution in [2.24, 2.45) is 0 Å². The molecule has 3 aromatic rings. The van der Waals surface area contributed by atoms with Crippen LogP contribution in [0.1, 0.15) is 32.2 Å². The molecule has 2 aromatic carbocycles. The zero-order valence-corrected chi connectivity index (χ0v) is 15.2. The summed E-state index contributed by atoms with van der Waals surface area (Å²) in [6.07, 6.45) is 0. The highest BCUT2D eigenvalue weighted by Crippen LogP contribution is 2.31. The largest absolute Gasteiger partial charge is 0.477 e. The van der Waals surface area contributed by atoms with Gasteiger partial charge in [0.05, 0.1) is 11.6 Å². The maximum Gasteiger partial charge on any atom is 0.177 e. The number of ether oxygens (including phenoxy) is 1. The first-order chi connectivity index (χ1) is 12.9. The van der Waals surface area contributed by atoms with Crippen molar-refractivity contribution in [3.8, 4) is 23.2 Å². The van der Waals surface area contributed by atoms with Gasteiger partial charge in [-0.2, -0.15) is 5.26 Å². The lowest BCUT2D eigenvalue weighted by atomic mass is 10.1. The molecule has 0 amide bonds. The quantitative estimate of drug-likeness (QED) is 0.668. The molecule has 0 unspecified atom stereocenters. The minimum Gasteiger partial charge on any atom is -0.477 e. The minimum absolute atomic E-state index is 0.0630. The Morgan fingerprint density at radius 2 is 1.81 bits per heavy atom. The van der Waals surface area contributed by atoms with Gasteiger partial charge in [0.15, 0.2) is 28.8 Å². The molecule has 1 heterocycles. The second-order valence-electron chi connectivity index (χ2n) is 6.47. The van der Waals surface area contributed by atoms with Crippen LogP contribution in [0.5, 0.6) is 5.75 Å². The topological polar surface area (TPSA) is 63.7 Å². The summed E-state index contributed by atoms with van der Waals surface area (Å²) in [5, 5.41) is 17.4. The SMILES string of the molecule is CCn1c(-c2ccc(C#N)cc2)nnc1C(C)(C)Oc1ccc(F)cc1F. The van der Waals surface area contributed by atoms with Crippen LogP contribution in [0.4, 0.5) is 8.78 Å². The Labute approximate surface area is 155 Å². The second-order valence-corrected chi connectivity index (χ2v) is 6.47. The number of hydrogen-bond acceptors (Lipinski definition) is 4. The first kappa shape index (κ1) is 18.5. The third-order valence-corrected chi connectivity index (χ3v) is 4.14. The third-order valence-electron chi connectivity index (χ3n) is 4.14. The van der Waals surface area contributed by atoms with Crippen LogP contribution >= 0.6 is 0 Å². The monoisotopic (exact) mass is 368 g/mol. The molecule has 3 rings (SSSR count). The van der Waals surface area contributed by atoms with Crippen LogP contribution < -0.4 is 4.74 Å². The van der Waals surface area contributed by atoms with Crippen LogP contribution in [0.3, 0.4) is 0 Å². The van der Waals surface area contributed by atoms with Crippen molar-refractivity contribution < 1.29 is 13.5 Å². The van der Waals surface area contributed by atoms with Gasteiger partial charge >= 0.3 is 0 Å². The summed E-state index contributed by atoms with van der Waals surface area (Å²) in [6.45, 7) is 5.99. The summed E-state index contributed by atoms with van der Waals surface area (Å²) in [4.78, 5) is 0. The summed E-state index contributed by atoms with van der Waals surface area (Å²) < 4.78 is 34.8. The van der Waals surface area contributed by atoms with Crippen molar-refractivity contribution in [3.05, 3.63) is 65.5 Å². The Kier molecular flexibility index (Phi) is 4.91. The molecule has 0 bridgehead atoms. The van der Waals surface area contributed by atoms with Gasteiger partial charge in [-0.15, -0.1) is 10.2 Å². The Hall–Kier alpha value is -3.27. The van der Waals surface area contributed by atoms with E-state index < -0.39 is 17.2 Å². The van der Waals surface area contributed by atoms with E-state index in [4.69, 9.17) is 10.00 Å². The van der Waals surface area contributed by atoms with E-state index in [1.807, 2.05) is 11.5 Å². The molecule has 0 saturated heterocycles. The lowest BCUT2D eigenvalue weighted by Gasteiger charge is -2.26. The van der Waals surface area contributed by atoms with Gasteiger partial charge in [0.2, 0.25) is 0 Å². The molecule has 0 saturated carbocycles. The van der Waals surface area contributed by atoms with Gasteiger partial charge in [-0.05, 0) is 57.2 Å². The first-order valence-corrected chi connectivity index (χ1v) is 8.44. The van der Waals surface area contributed by atoms with E-state index in [-0.39, 0.29) is 5.75 Å². The van der Waals surface area contributed by atoms with Crippen LogP contribution in [0, 0.1) is 23.0 Å². The van der Waals surface area contributed by atoms with E-state index in [1.165, 1.54) is 6.07 Å². The fourth-order valence-electron chi connectivity index (χ4n) is 2.83. The molecule has 0 radical (unpaired) electrons.